The third-order valence-corrected chi connectivity index (χ3v) is 4.06. The van der Waals surface area contributed by atoms with Gasteiger partial charge in [0.15, 0.2) is 0 Å². The lowest BCUT2D eigenvalue weighted by molar-refractivity contribution is 0.244. The molecule has 0 rings (SSSR count). The Morgan fingerprint density at radius 1 is 0.947 bits per heavy atom. The lowest BCUT2D eigenvalue weighted by Gasteiger charge is -2.24. The van der Waals surface area contributed by atoms with Gasteiger partial charge < -0.3 is 15.5 Å². The predicted molar refractivity (Wildman–Crippen MR) is 86.5 cm³/mol. The van der Waals surface area contributed by atoms with E-state index in [1.54, 1.807) is 0 Å². The van der Waals surface area contributed by atoms with E-state index in [9.17, 15) is 0 Å². The van der Waals surface area contributed by atoms with E-state index in [2.05, 4.69) is 44.7 Å². The SMILES string of the molecule is CCN(CCCC(CCN)C(C)C)CCCN(C)C. The summed E-state index contributed by atoms with van der Waals surface area (Å²) in [6.07, 6.45) is 5.11. The van der Waals surface area contributed by atoms with E-state index >= 15 is 0 Å². The van der Waals surface area contributed by atoms with Crippen LogP contribution in [0.1, 0.15) is 46.5 Å². The van der Waals surface area contributed by atoms with Gasteiger partial charge in [-0.05, 0) is 84.3 Å². The molecule has 0 heterocycles. The zero-order valence-corrected chi connectivity index (χ0v) is 14.0. The van der Waals surface area contributed by atoms with Gasteiger partial charge in [0.2, 0.25) is 0 Å². The molecule has 0 aliphatic heterocycles. The van der Waals surface area contributed by atoms with Crippen LogP contribution in [-0.4, -0.2) is 56.6 Å². The highest BCUT2D eigenvalue weighted by Gasteiger charge is 2.12. The van der Waals surface area contributed by atoms with Crippen LogP contribution < -0.4 is 5.73 Å². The van der Waals surface area contributed by atoms with Crippen LogP contribution in [-0.2, 0) is 0 Å². The van der Waals surface area contributed by atoms with Crippen molar-refractivity contribution < 1.29 is 0 Å². The van der Waals surface area contributed by atoms with E-state index in [1.807, 2.05) is 0 Å². The van der Waals surface area contributed by atoms with Crippen LogP contribution in [0, 0.1) is 11.8 Å². The van der Waals surface area contributed by atoms with E-state index in [-0.39, 0.29) is 0 Å². The number of hydrogen-bond acceptors (Lipinski definition) is 3. The summed E-state index contributed by atoms with van der Waals surface area (Å²) < 4.78 is 0. The highest BCUT2D eigenvalue weighted by atomic mass is 15.1. The molecule has 19 heavy (non-hydrogen) atoms. The van der Waals surface area contributed by atoms with Crippen LogP contribution in [0.5, 0.6) is 0 Å². The Hall–Kier alpha value is -0.120. The molecular formula is C16H37N3. The fourth-order valence-electron chi connectivity index (χ4n) is 2.64. The molecule has 0 fully saturated rings. The Morgan fingerprint density at radius 2 is 1.58 bits per heavy atom. The molecule has 0 saturated carbocycles. The minimum Gasteiger partial charge on any atom is -0.330 e. The third kappa shape index (κ3) is 10.3. The quantitative estimate of drug-likeness (QED) is 0.592. The van der Waals surface area contributed by atoms with Crippen molar-refractivity contribution in [3.8, 4) is 0 Å². The Morgan fingerprint density at radius 3 is 2.05 bits per heavy atom. The fraction of sp³-hybridized carbons (Fsp3) is 1.00. The second-order valence-electron chi connectivity index (χ2n) is 6.31. The number of hydrogen-bond donors (Lipinski definition) is 1. The summed E-state index contributed by atoms with van der Waals surface area (Å²) in [5.41, 5.74) is 5.70. The standard InChI is InChI=1S/C16H37N3/c1-6-19(14-8-12-18(4)5)13-7-9-16(10-11-17)15(2)3/h15-16H,6-14,17H2,1-5H3. The first-order valence-corrected chi connectivity index (χ1v) is 8.08. The van der Waals surface area contributed by atoms with Crippen molar-refractivity contribution in [2.45, 2.75) is 46.5 Å². The van der Waals surface area contributed by atoms with Crippen LogP contribution in [0.25, 0.3) is 0 Å². The van der Waals surface area contributed by atoms with Gasteiger partial charge >= 0.3 is 0 Å². The maximum absolute atomic E-state index is 5.70. The first-order valence-electron chi connectivity index (χ1n) is 8.08. The summed E-state index contributed by atoms with van der Waals surface area (Å²) in [7, 11) is 4.30. The molecule has 0 bridgehead atoms. The molecule has 0 aromatic rings. The molecule has 3 heteroatoms. The van der Waals surface area contributed by atoms with Crippen LogP contribution in [0.3, 0.4) is 0 Å². The molecule has 0 aliphatic rings. The Labute approximate surface area is 121 Å². The molecule has 0 aromatic carbocycles. The van der Waals surface area contributed by atoms with E-state index in [0.717, 1.165) is 18.4 Å². The fourth-order valence-corrected chi connectivity index (χ4v) is 2.64. The van der Waals surface area contributed by atoms with Crippen LogP contribution >= 0.6 is 0 Å². The van der Waals surface area contributed by atoms with Crippen LogP contribution in [0.15, 0.2) is 0 Å². The zero-order valence-electron chi connectivity index (χ0n) is 14.0. The molecule has 0 aromatic heterocycles. The van der Waals surface area contributed by atoms with Crippen molar-refractivity contribution in [3.05, 3.63) is 0 Å². The molecule has 0 aliphatic carbocycles. The van der Waals surface area contributed by atoms with Gasteiger partial charge in [0.05, 0.1) is 0 Å². The smallest absolute Gasteiger partial charge is 0.000667 e. The maximum atomic E-state index is 5.70. The van der Waals surface area contributed by atoms with Gasteiger partial charge in [0.25, 0.3) is 0 Å². The Balaban J connectivity index is 3.80. The normalized spacial score (nSPS) is 13.7. The van der Waals surface area contributed by atoms with Gasteiger partial charge in [-0.25, -0.2) is 0 Å². The monoisotopic (exact) mass is 271 g/mol. The van der Waals surface area contributed by atoms with Gasteiger partial charge in [-0.15, -0.1) is 0 Å². The summed E-state index contributed by atoms with van der Waals surface area (Å²) in [6, 6.07) is 0. The number of nitrogens with two attached hydrogens (primary N) is 1. The predicted octanol–water partition coefficient (Wildman–Crippen LogP) is 2.66. The largest absolute Gasteiger partial charge is 0.330 e. The second kappa shape index (κ2) is 11.7. The summed E-state index contributed by atoms with van der Waals surface area (Å²) in [5.74, 6) is 1.58. The second-order valence-corrected chi connectivity index (χ2v) is 6.31. The average Bonchev–Trinajstić information content (AvgIpc) is 2.35. The van der Waals surface area contributed by atoms with E-state index < -0.39 is 0 Å². The van der Waals surface area contributed by atoms with Crippen molar-refractivity contribution in [1.82, 2.24) is 9.80 Å². The van der Waals surface area contributed by atoms with Crippen molar-refractivity contribution in [1.29, 1.82) is 0 Å². The highest BCUT2D eigenvalue weighted by Crippen LogP contribution is 2.20. The molecule has 2 N–H and O–H groups in total. The molecular weight excluding hydrogens is 234 g/mol. The van der Waals surface area contributed by atoms with Crippen LogP contribution in [0.4, 0.5) is 0 Å². The molecule has 116 valence electrons. The molecule has 0 amide bonds. The molecule has 3 nitrogen and oxygen atoms in total. The van der Waals surface area contributed by atoms with E-state index in [1.165, 1.54) is 51.9 Å². The van der Waals surface area contributed by atoms with Crippen LogP contribution in [0.2, 0.25) is 0 Å². The van der Waals surface area contributed by atoms with E-state index in [0.29, 0.717) is 0 Å². The maximum Gasteiger partial charge on any atom is -0.000667 e. The molecule has 0 radical (unpaired) electrons. The summed E-state index contributed by atoms with van der Waals surface area (Å²) >= 11 is 0. The topological polar surface area (TPSA) is 32.5 Å². The van der Waals surface area contributed by atoms with Gasteiger partial charge in [0, 0.05) is 0 Å². The van der Waals surface area contributed by atoms with Gasteiger partial charge in [-0.3, -0.25) is 0 Å². The zero-order chi connectivity index (χ0) is 14.7. The van der Waals surface area contributed by atoms with Crippen molar-refractivity contribution in [2.75, 3.05) is 46.8 Å². The first kappa shape index (κ1) is 18.9. The molecule has 0 spiro atoms. The minimum absolute atomic E-state index is 0.771. The van der Waals surface area contributed by atoms with Gasteiger partial charge in [0.1, 0.15) is 0 Å². The average molecular weight is 271 g/mol. The minimum atomic E-state index is 0.771. The van der Waals surface area contributed by atoms with Crippen molar-refractivity contribution in [3.63, 3.8) is 0 Å². The number of rotatable bonds is 12. The molecule has 0 saturated heterocycles. The Bertz CT molecular complexity index is 192. The lowest BCUT2D eigenvalue weighted by atomic mass is 9.88. The highest BCUT2D eigenvalue weighted by molar-refractivity contribution is 4.66. The first-order chi connectivity index (χ1) is 9.01. The Kier molecular flexibility index (Phi) is 11.6. The summed E-state index contributed by atoms with van der Waals surface area (Å²) in [6.45, 7) is 12.6. The van der Waals surface area contributed by atoms with Gasteiger partial charge in [-0.1, -0.05) is 20.8 Å². The van der Waals surface area contributed by atoms with Crippen molar-refractivity contribution in [2.24, 2.45) is 17.6 Å². The third-order valence-electron chi connectivity index (χ3n) is 4.06. The van der Waals surface area contributed by atoms with E-state index in [4.69, 9.17) is 5.73 Å². The molecule has 1 atom stereocenters. The lowest BCUT2D eigenvalue weighted by Crippen LogP contribution is -2.28. The molecule has 1 unspecified atom stereocenters. The summed E-state index contributed by atoms with van der Waals surface area (Å²) in [4.78, 5) is 4.85. The van der Waals surface area contributed by atoms with Gasteiger partial charge in [-0.2, -0.15) is 0 Å². The summed E-state index contributed by atoms with van der Waals surface area (Å²) in [5, 5.41) is 0. The number of nitrogens with zero attached hydrogens (tertiary/aromatic N) is 2. The van der Waals surface area contributed by atoms with Crippen molar-refractivity contribution >= 4 is 0 Å².